The van der Waals surface area contributed by atoms with E-state index >= 15 is 0 Å². The number of hydrogen-bond donors (Lipinski definition) is 1. The Hall–Kier alpha value is -1.75. The van der Waals surface area contributed by atoms with Crippen LogP contribution < -0.4 is 9.47 Å². The number of para-hydroxylation sites is 1. The Bertz CT molecular complexity index is 603. The quantitative estimate of drug-likeness (QED) is 0.929. The van der Waals surface area contributed by atoms with Gasteiger partial charge in [0.15, 0.2) is 11.5 Å². The molecule has 3 unspecified atom stereocenters. The van der Waals surface area contributed by atoms with Gasteiger partial charge in [-0.25, -0.2) is 0 Å². The second-order valence-corrected chi connectivity index (χ2v) is 6.82. The highest BCUT2D eigenvalue weighted by molar-refractivity contribution is 5.74. The highest BCUT2D eigenvalue weighted by atomic mass is 16.6. The zero-order valence-corrected chi connectivity index (χ0v) is 13.2. The monoisotopic (exact) mass is 317 g/mol. The van der Waals surface area contributed by atoms with Crippen molar-refractivity contribution in [3.63, 3.8) is 0 Å². The first kappa shape index (κ1) is 14.8. The third kappa shape index (κ3) is 2.67. The molecule has 1 aliphatic carbocycles. The zero-order valence-electron chi connectivity index (χ0n) is 13.2. The Morgan fingerprint density at radius 3 is 2.91 bits per heavy atom. The summed E-state index contributed by atoms with van der Waals surface area (Å²) in [5.74, 6) is 1.41. The van der Waals surface area contributed by atoms with Crippen molar-refractivity contribution in [2.75, 3.05) is 13.2 Å². The second kappa shape index (κ2) is 6.04. The molecule has 23 heavy (non-hydrogen) atoms. The summed E-state index contributed by atoms with van der Waals surface area (Å²) in [6.07, 6.45) is 5.50. The van der Waals surface area contributed by atoms with E-state index in [1.54, 1.807) is 0 Å². The number of carboxylic acid groups (broad SMARTS) is 1. The van der Waals surface area contributed by atoms with Crippen molar-refractivity contribution < 1.29 is 19.4 Å². The second-order valence-electron chi connectivity index (χ2n) is 6.82. The number of benzene rings is 1. The molecule has 1 saturated heterocycles. The van der Waals surface area contributed by atoms with Gasteiger partial charge < -0.3 is 14.6 Å². The molecule has 3 aliphatic rings. The fraction of sp³-hybridized carbons (Fsp3) is 0.611. The maximum absolute atomic E-state index is 11.7. The van der Waals surface area contributed by atoms with E-state index in [4.69, 9.17) is 9.47 Å². The van der Waals surface area contributed by atoms with Crippen LogP contribution in [0.3, 0.4) is 0 Å². The molecular formula is C18H23NO4. The SMILES string of the molecule is O=C(O)C1CC2CCCCC2N1Cc1cccc2c1OCCO2. The van der Waals surface area contributed by atoms with Crippen LogP contribution >= 0.6 is 0 Å². The first-order valence-electron chi connectivity index (χ1n) is 8.60. The molecule has 0 bridgehead atoms. The molecule has 1 N–H and O–H groups in total. The van der Waals surface area contributed by atoms with Crippen LogP contribution in [0.15, 0.2) is 18.2 Å². The van der Waals surface area contributed by atoms with Crippen molar-refractivity contribution in [2.45, 2.75) is 50.7 Å². The van der Waals surface area contributed by atoms with Crippen molar-refractivity contribution in [3.8, 4) is 11.5 Å². The Labute approximate surface area is 136 Å². The van der Waals surface area contributed by atoms with Gasteiger partial charge >= 0.3 is 5.97 Å². The zero-order chi connectivity index (χ0) is 15.8. The van der Waals surface area contributed by atoms with Gasteiger partial charge in [-0.3, -0.25) is 9.69 Å². The highest BCUT2D eigenvalue weighted by Crippen LogP contribution is 2.42. The predicted octanol–water partition coefficient (Wildman–Crippen LogP) is 2.68. The lowest BCUT2D eigenvalue weighted by Crippen LogP contribution is -2.41. The van der Waals surface area contributed by atoms with Gasteiger partial charge in [-0.1, -0.05) is 25.0 Å². The molecule has 2 heterocycles. The van der Waals surface area contributed by atoms with Gasteiger partial charge in [0.2, 0.25) is 0 Å². The van der Waals surface area contributed by atoms with Gasteiger partial charge in [0, 0.05) is 18.2 Å². The standard InChI is InChI=1S/C18H23NO4/c20-18(21)15-10-12-4-1-2-6-14(12)19(15)11-13-5-3-7-16-17(13)23-9-8-22-16/h3,5,7,12,14-15H,1-2,4,6,8-11H2,(H,20,21). The van der Waals surface area contributed by atoms with Gasteiger partial charge in [-0.05, 0) is 31.2 Å². The number of rotatable bonds is 3. The number of carboxylic acids is 1. The van der Waals surface area contributed by atoms with Crippen molar-refractivity contribution in [1.82, 2.24) is 4.90 Å². The molecule has 124 valence electrons. The number of aliphatic carboxylic acids is 1. The van der Waals surface area contributed by atoms with Crippen LogP contribution in [0, 0.1) is 5.92 Å². The third-order valence-electron chi connectivity index (χ3n) is 5.51. The molecule has 1 aromatic rings. The molecule has 1 saturated carbocycles. The summed E-state index contributed by atoms with van der Waals surface area (Å²) < 4.78 is 11.4. The lowest BCUT2D eigenvalue weighted by atomic mass is 9.84. The van der Waals surface area contributed by atoms with E-state index in [1.807, 2.05) is 18.2 Å². The summed E-state index contributed by atoms with van der Waals surface area (Å²) in [6.45, 7) is 1.76. The Morgan fingerprint density at radius 2 is 2.04 bits per heavy atom. The van der Waals surface area contributed by atoms with E-state index in [2.05, 4.69) is 4.90 Å². The van der Waals surface area contributed by atoms with Crippen molar-refractivity contribution in [2.24, 2.45) is 5.92 Å². The average molecular weight is 317 g/mol. The van der Waals surface area contributed by atoms with E-state index < -0.39 is 5.97 Å². The van der Waals surface area contributed by atoms with Crippen LogP contribution in [-0.4, -0.2) is 41.3 Å². The Kier molecular flexibility index (Phi) is 3.89. The molecule has 2 aliphatic heterocycles. The highest BCUT2D eigenvalue weighted by Gasteiger charge is 2.45. The molecule has 0 spiro atoms. The summed E-state index contributed by atoms with van der Waals surface area (Å²) in [7, 11) is 0. The minimum atomic E-state index is -0.693. The van der Waals surface area contributed by atoms with Crippen LogP contribution in [0.4, 0.5) is 0 Å². The van der Waals surface area contributed by atoms with Crippen LogP contribution in [0.25, 0.3) is 0 Å². The average Bonchev–Trinajstić information content (AvgIpc) is 2.94. The number of carbonyl (C=O) groups is 1. The van der Waals surface area contributed by atoms with Crippen molar-refractivity contribution in [1.29, 1.82) is 0 Å². The number of ether oxygens (including phenoxy) is 2. The normalized spacial score (nSPS) is 30.0. The maximum Gasteiger partial charge on any atom is 0.320 e. The molecule has 0 aromatic heterocycles. The molecule has 4 rings (SSSR count). The van der Waals surface area contributed by atoms with Gasteiger partial charge in [-0.2, -0.15) is 0 Å². The van der Waals surface area contributed by atoms with Crippen LogP contribution in [0.1, 0.15) is 37.7 Å². The summed E-state index contributed by atoms with van der Waals surface area (Å²) in [5, 5.41) is 9.65. The molecule has 2 fully saturated rings. The molecule has 0 radical (unpaired) electrons. The van der Waals surface area contributed by atoms with Gasteiger partial charge in [0.05, 0.1) is 0 Å². The van der Waals surface area contributed by atoms with E-state index in [-0.39, 0.29) is 6.04 Å². The van der Waals surface area contributed by atoms with Gasteiger partial charge in [0.25, 0.3) is 0 Å². The molecule has 5 heteroatoms. The van der Waals surface area contributed by atoms with Crippen molar-refractivity contribution >= 4 is 5.97 Å². The topological polar surface area (TPSA) is 59.0 Å². The maximum atomic E-state index is 11.7. The van der Waals surface area contributed by atoms with Crippen LogP contribution in [0.2, 0.25) is 0 Å². The summed E-state index contributed by atoms with van der Waals surface area (Å²) in [6, 6.07) is 5.93. The fourth-order valence-corrected chi connectivity index (χ4v) is 4.48. The first-order chi connectivity index (χ1) is 11.2. The Morgan fingerprint density at radius 1 is 1.22 bits per heavy atom. The molecule has 3 atom stereocenters. The first-order valence-corrected chi connectivity index (χ1v) is 8.60. The lowest BCUT2D eigenvalue weighted by Gasteiger charge is -2.33. The van der Waals surface area contributed by atoms with Gasteiger partial charge in [0.1, 0.15) is 19.3 Å². The number of hydrogen-bond acceptors (Lipinski definition) is 4. The van der Waals surface area contributed by atoms with E-state index in [0.717, 1.165) is 36.3 Å². The van der Waals surface area contributed by atoms with Gasteiger partial charge in [-0.15, -0.1) is 0 Å². The molecule has 5 nitrogen and oxygen atoms in total. The minimum absolute atomic E-state index is 0.372. The van der Waals surface area contributed by atoms with Crippen LogP contribution in [-0.2, 0) is 11.3 Å². The fourth-order valence-electron chi connectivity index (χ4n) is 4.48. The molecule has 1 aromatic carbocycles. The van der Waals surface area contributed by atoms with E-state index in [9.17, 15) is 9.90 Å². The Balaban J connectivity index is 1.62. The number of likely N-dealkylation sites (tertiary alicyclic amines) is 1. The predicted molar refractivity (Wildman–Crippen MR) is 84.8 cm³/mol. The summed E-state index contributed by atoms with van der Waals surface area (Å²) in [5.41, 5.74) is 1.04. The molecule has 0 amide bonds. The summed E-state index contributed by atoms with van der Waals surface area (Å²) in [4.78, 5) is 13.9. The van der Waals surface area contributed by atoms with E-state index in [1.165, 1.54) is 12.8 Å². The number of fused-ring (bicyclic) bond motifs is 2. The minimum Gasteiger partial charge on any atom is -0.486 e. The smallest absolute Gasteiger partial charge is 0.320 e. The van der Waals surface area contributed by atoms with E-state index in [0.29, 0.717) is 31.7 Å². The largest absolute Gasteiger partial charge is 0.486 e. The third-order valence-corrected chi connectivity index (χ3v) is 5.51. The lowest BCUT2D eigenvalue weighted by molar-refractivity contribution is -0.142. The number of nitrogens with zero attached hydrogens (tertiary/aromatic N) is 1. The summed E-state index contributed by atoms with van der Waals surface area (Å²) >= 11 is 0. The van der Waals surface area contributed by atoms with Crippen LogP contribution in [0.5, 0.6) is 11.5 Å². The van der Waals surface area contributed by atoms with Crippen molar-refractivity contribution in [3.05, 3.63) is 23.8 Å². The molecular weight excluding hydrogens is 294 g/mol.